The largest absolute Gasteiger partial charge is 0.478 e. The van der Waals surface area contributed by atoms with Gasteiger partial charge in [0.25, 0.3) is 0 Å². The Bertz CT molecular complexity index is 510. The summed E-state index contributed by atoms with van der Waals surface area (Å²) in [5.74, 6) is -0.961. The highest BCUT2D eigenvalue weighted by molar-refractivity contribution is 5.80. The van der Waals surface area contributed by atoms with E-state index in [1.54, 1.807) is 12.2 Å². The van der Waals surface area contributed by atoms with E-state index in [4.69, 9.17) is 10.4 Å². The molecule has 0 amide bonds. The third-order valence-electron chi connectivity index (χ3n) is 3.54. The maximum Gasteiger partial charge on any atom is 0.328 e. The highest BCUT2D eigenvalue weighted by atomic mass is 17.1. The fraction of sp³-hybridized carbons (Fsp3) is 0.409. The van der Waals surface area contributed by atoms with Gasteiger partial charge in [-0.3, -0.25) is 5.26 Å². The third kappa shape index (κ3) is 18.2. The van der Waals surface area contributed by atoms with Crippen LogP contribution in [0.5, 0.6) is 0 Å². The third-order valence-corrected chi connectivity index (χ3v) is 3.54. The van der Waals surface area contributed by atoms with Gasteiger partial charge in [0.15, 0.2) is 0 Å². The van der Waals surface area contributed by atoms with Crippen LogP contribution in [0.15, 0.2) is 72.9 Å². The van der Waals surface area contributed by atoms with Crippen molar-refractivity contribution in [1.82, 2.24) is 0 Å². The van der Waals surface area contributed by atoms with Gasteiger partial charge in [-0.15, -0.1) is 0 Å². The van der Waals surface area contributed by atoms with Crippen molar-refractivity contribution in [1.29, 1.82) is 0 Å². The van der Waals surface area contributed by atoms with E-state index in [0.717, 1.165) is 18.9 Å². The SMILES string of the molecule is CCCCCCCCC(/C=C/C=C/C=C/C=C/C=C/C=C/C(=O)O)OO. The summed E-state index contributed by atoms with van der Waals surface area (Å²) in [6.45, 7) is 2.21. The molecule has 1 atom stereocenters. The van der Waals surface area contributed by atoms with Crippen LogP contribution in [0.1, 0.15) is 51.9 Å². The normalized spacial score (nSPS) is 14.2. The predicted octanol–water partition coefficient (Wildman–Crippen LogP) is 6.02. The van der Waals surface area contributed by atoms with Gasteiger partial charge in [0.2, 0.25) is 0 Å². The number of carbonyl (C=O) groups is 1. The van der Waals surface area contributed by atoms with Crippen LogP contribution >= 0.6 is 0 Å². The molecule has 0 heterocycles. The summed E-state index contributed by atoms with van der Waals surface area (Å²) in [6, 6.07) is 0. The van der Waals surface area contributed by atoms with E-state index in [9.17, 15) is 4.79 Å². The number of carboxylic acid groups (broad SMARTS) is 1. The Balaban J connectivity index is 3.92. The minimum atomic E-state index is -0.961. The summed E-state index contributed by atoms with van der Waals surface area (Å²) < 4.78 is 0. The standard InChI is InChI=1S/C22H32O4/c1-2-3-4-5-12-15-18-21(26-25)19-16-13-10-8-6-7-9-11-14-17-20-22(23)24/h6-11,13-14,16-17,19-21,25H,2-5,12,15,18H2,1H3,(H,23,24)/b8-6+,9-7+,13-10+,14-11+,19-16+,20-17+. The first-order chi connectivity index (χ1) is 12.7. The Morgan fingerprint density at radius 3 is 1.85 bits per heavy atom. The molecule has 4 heteroatoms. The summed E-state index contributed by atoms with van der Waals surface area (Å²) in [5.41, 5.74) is 0. The second kappa shape index (κ2) is 19.2. The Morgan fingerprint density at radius 2 is 1.31 bits per heavy atom. The fourth-order valence-electron chi connectivity index (χ4n) is 2.15. The van der Waals surface area contributed by atoms with E-state index in [1.807, 2.05) is 48.6 Å². The minimum Gasteiger partial charge on any atom is -0.478 e. The molecule has 0 fully saturated rings. The number of rotatable bonds is 15. The number of hydrogen-bond donors (Lipinski definition) is 2. The lowest BCUT2D eigenvalue weighted by Gasteiger charge is -2.07. The predicted molar refractivity (Wildman–Crippen MR) is 108 cm³/mol. The van der Waals surface area contributed by atoms with E-state index >= 15 is 0 Å². The molecule has 0 aliphatic rings. The van der Waals surface area contributed by atoms with Gasteiger partial charge in [-0.1, -0.05) is 112 Å². The summed E-state index contributed by atoms with van der Waals surface area (Å²) in [7, 11) is 0. The second-order valence-corrected chi connectivity index (χ2v) is 5.82. The van der Waals surface area contributed by atoms with Crippen molar-refractivity contribution >= 4 is 5.97 Å². The molecule has 0 bridgehead atoms. The van der Waals surface area contributed by atoms with Crippen LogP contribution in [0, 0.1) is 0 Å². The zero-order chi connectivity index (χ0) is 19.3. The van der Waals surface area contributed by atoms with Crippen molar-refractivity contribution in [3.63, 3.8) is 0 Å². The van der Waals surface area contributed by atoms with Crippen molar-refractivity contribution in [2.24, 2.45) is 0 Å². The molecule has 0 aromatic rings. The van der Waals surface area contributed by atoms with Gasteiger partial charge in [-0.2, -0.15) is 0 Å². The summed E-state index contributed by atoms with van der Waals surface area (Å²) in [4.78, 5) is 14.7. The number of hydrogen-bond acceptors (Lipinski definition) is 3. The van der Waals surface area contributed by atoms with Gasteiger partial charge in [0.1, 0.15) is 6.10 Å². The lowest BCUT2D eigenvalue weighted by Crippen LogP contribution is -2.06. The molecule has 0 saturated carbocycles. The van der Waals surface area contributed by atoms with Crippen LogP contribution in [-0.2, 0) is 9.68 Å². The highest BCUT2D eigenvalue weighted by Gasteiger charge is 2.03. The van der Waals surface area contributed by atoms with Crippen LogP contribution in [0.25, 0.3) is 0 Å². The molecule has 0 rings (SSSR count). The average molecular weight is 360 g/mol. The first-order valence-corrected chi connectivity index (χ1v) is 9.25. The molecular weight excluding hydrogens is 328 g/mol. The minimum absolute atomic E-state index is 0.251. The van der Waals surface area contributed by atoms with E-state index < -0.39 is 5.97 Å². The fourth-order valence-corrected chi connectivity index (χ4v) is 2.15. The Morgan fingerprint density at radius 1 is 0.808 bits per heavy atom. The maximum absolute atomic E-state index is 10.2. The van der Waals surface area contributed by atoms with Crippen molar-refractivity contribution in [2.75, 3.05) is 0 Å². The zero-order valence-corrected chi connectivity index (χ0v) is 15.7. The molecule has 0 aromatic carbocycles. The number of carboxylic acids is 1. The smallest absolute Gasteiger partial charge is 0.328 e. The van der Waals surface area contributed by atoms with Gasteiger partial charge in [0.05, 0.1) is 0 Å². The summed E-state index contributed by atoms with van der Waals surface area (Å²) in [5, 5.41) is 17.3. The molecule has 4 nitrogen and oxygen atoms in total. The number of aliphatic carboxylic acids is 1. The van der Waals surface area contributed by atoms with Crippen molar-refractivity contribution in [3.8, 4) is 0 Å². The van der Waals surface area contributed by atoms with Crippen molar-refractivity contribution in [3.05, 3.63) is 72.9 Å². The average Bonchev–Trinajstić information content (AvgIpc) is 2.63. The zero-order valence-electron chi connectivity index (χ0n) is 15.7. The Labute approximate surface area is 157 Å². The topological polar surface area (TPSA) is 66.8 Å². The molecule has 0 aliphatic heterocycles. The lowest BCUT2D eigenvalue weighted by atomic mass is 10.1. The van der Waals surface area contributed by atoms with Crippen LogP contribution < -0.4 is 0 Å². The van der Waals surface area contributed by atoms with Gasteiger partial charge in [-0.25, -0.2) is 9.68 Å². The van der Waals surface area contributed by atoms with Gasteiger partial charge in [0, 0.05) is 6.08 Å². The summed E-state index contributed by atoms with van der Waals surface area (Å²) in [6.07, 6.45) is 28.7. The number of allylic oxidation sites excluding steroid dienone is 10. The van der Waals surface area contributed by atoms with E-state index in [2.05, 4.69) is 11.8 Å². The first kappa shape index (κ1) is 23.8. The first-order valence-electron chi connectivity index (χ1n) is 9.25. The van der Waals surface area contributed by atoms with Crippen LogP contribution in [0.3, 0.4) is 0 Å². The Hall–Kier alpha value is -2.17. The molecule has 2 N–H and O–H groups in total. The second-order valence-electron chi connectivity index (χ2n) is 5.82. The molecule has 0 saturated heterocycles. The Kier molecular flexibility index (Phi) is 17.6. The summed E-state index contributed by atoms with van der Waals surface area (Å²) >= 11 is 0. The van der Waals surface area contributed by atoms with Crippen molar-refractivity contribution < 1.29 is 20.0 Å². The van der Waals surface area contributed by atoms with Crippen LogP contribution in [0.4, 0.5) is 0 Å². The van der Waals surface area contributed by atoms with Gasteiger partial charge in [-0.05, 0) is 6.42 Å². The highest BCUT2D eigenvalue weighted by Crippen LogP contribution is 2.10. The van der Waals surface area contributed by atoms with Crippen molar-refractivity contribution in [2.45, 2.75) is 58.0 Å². The molecule has 0 aliphatic carbocycles. The van der Waals surface area contributed by atoms with E-state index in [1.165, 1.54) is 38.2 Å². The molecule has 26 heavy (non-hydrogen) atoms. The van der Waals surface area contributed by atoms with Gasteiger partial charge >= 0.3 is 5.97 Å². The molecule has 0 radical (unpaired) electrons. The van der Waals surface area contributed by atoms with Gasteiger partial charge < -0.3 is 5.11 Å². The van der Waals surface area contributed by atoms with E-state index in [-0.39, 0.29) is 6.10 Å². The molecule has 144 valence electrons. The monoisotopic (exact) mass is 360 g/mol. The molecule has 0 aromatic heterocycles. The molecule has 1 unspecified atom stereocenters. The quantitative estimate of drug-likeness (QED) is 0.123. The van der Waals surface area contributed by atoms with Crippen LogP contribution in [-0.4, -0.2) is 22.4 Å². The lowest BCUT2D eigenvalue weighted by molar-refractivity contribution is -0.267. The maximum atomic E-state index is 10.2. The molecule has 0 spiro atoms. The van der Waals surface area contributed by atoms with E-state index in [0.29, 0.717) is 0 Å². The molecular formula is C22H32O4. The van der Waals surface area contributed by atoms with Crippen LogP contribution in [0.2, 0.25) is 0 Å². The number of unbranched alkanes of at least 4 members (excludes halogenated alkanes) is 5.